The van der Waals surface area contributed by atoms with Crippen LogP contribution in [0.25, 0.3) is 0 Å². The maximum absolute atomic E-state index is 11.3. The Hall–Kier alpha value is -0.420. The Morgan fingerprint density at radius 2 is 2.18 bits per heavy atom. The molecule has 1 fully saturated rings. The van der Waals surface area contributed by atoms with Crippen LogP contribution in [-0.2, 0) is 4.74 Å². The van der Waals surface area contributed by atoms with E-state index in [9.17, 15) is 4.79 Å². The predicted molar refractivity (Wildman–Crippen MR) is 72.6 cm³/mol. The van der Waals surface area contributed by atoms with Crippen LogP contribution >= 0.6 is 11.8 Å². The average molecular weight is 260 g/mol. The first-order chi connectivity index (χ1) is 7.97. The molecule has 1 heterocycles. The lowest BCUT2D eigenvalue weighted by Crippen LogP contribution is -2.37. The molecular formula is C12H24N2O2S. The molecule has 0 radical (unpaired) electrons. The third kappa shape index (κ3) is 7.49. The number of nitrogens with one attached hydrogen (secondary N) is 2. The van der Waals surface area contributed by atoms with Gasteiger partial charge in [-0.25, -0.2) is 4.79 Å². The highest BCUT2D eigenvalue weighted by atomic mass is 32.2. The lowest BCUT2D eigenvalue weighted by molar-refractivity contribution is 0.0528. The second-order valence-electron chi connectivity index (χ2n) is 5.27. The van der Waals surface area contributed by atoms with Crippen molar-refractivity contribution in [1.82, 2.24) is 10.6 Å². The fourth-order valence-corrected chi connectivity index (χ4v) is 2.87. The summed E-state index contributed by atoms with van der Waals surface area (Å²) in [5.41, 5.74) is -0.419. The first-order valence-electron chi connectivity index (χ1n) is 6.26. The van der Waals surface area contributed by atoms with E-state index in [1.54, 1.807) is 0 Å². The van der Waals surface area contributed by atoms with Crippen LogP contribution < -0.4 is 10.6 Å². The van der Waals surface area contributed by atoms with Gasteiger partial charge in [0.2, 0.25) is 0 Å². The molecule has 1 saturated heterocycles. The minimum absolute atomic E-state index is 0.338. The van der Waals surface area contributed by atoms with Crippen molar-refractivity contribution in [2.75, 3.05) is 25.4 Å². The lowest BCUT2D eigenvalue weighted by atomic mass is 10.2. The molecule has 2 N–H and O–H groups in total. The summed E-state index contributed by atoms with van der Waals surface area (Å²) in [5, 5.41) is 6.85. The molecule has 1 amide bonds. The fraction of sp³-hybridized carbons (Fsp3) is 0.917. The largest absolute Gasteiger partial charge is 0.444 e. The van der Waals surface area contributed by atoms with Crippen LogP contribution in [0.3, 0.4) is 0 Å². The van der Waals surface area contributed by atoms with Gasteiger partial charge >= 0.3 is 6.09 Å². The number of hydrogen-bond donors (Lipinski definition) is 2. The number of carbonyl (C=O) groups excluding carboxylic acids is 1. The van der Waals surface area contributed by atoms with Gasteiger partial charge in [-0.2, -0.15) is 11.8 Å². The van der Waals surface area contributed by atoms with Crippen molar-refractivity contribution in [3.63, 3.8) is 0 Å². The van der Waals surface area contributed by atoms with Crippen LogP contribution in [-0.4, -0.2) is 42.3 Å². The van der Waals surface area contributed by atoms with Gasteiger partial charge in [-0.1, -0.05) is 0 Å². The quantitative estimate of drug-likeness (QED) is 0.742. The molecule has 1 unspecified atom stereocenters. The van der Waals surface area contributed by atoms with Gasteiger partial charge in [0.15, 0.2) is 0 Å². The zero-order valence-corrected chi connectivity index (χ0v) is 11.9. The van der Waals surface area contributed by atoms with Gasteiger partial charge in [-0.05, 0) is 39.4 Å². The van der Waals surface area contributed by atoms with E-state index < -0.39 is 5.60 Å². The topological polar surface area (TPSA) is 50.4 Å². The molecule has 0 aromatic carbocycles. The van der Waals surface area contributed by atoms with E-state index in [0.717, 1.165) is 18.3 Å². The Labute approximate surface area is 108 Å². The first-order valence-corrected chi connectivity index (χ1v) is 7.31. The van der Waals surface area contributed by atoms with Crippen molar-refractivity contribution in [3.05, 3.63) is 0 Å². The summed E-state index contributed by atoms with van der Waals surface area (Å²) in [7, 11) is 0. The number of alkyl carbamates (subject to hydrolysis) is 1. The molecule has 0 saturated carbocycles. The molecule has 17 heavy (non-hydrogen) atoms. The number of thioether (sulfide) groups is 1. The van der Waals surface area contributed by atoms with E-state index >= 15 is 0 Å². The van der Waals surface area contributed by atoms with Crippen LogP contribution in [0.2, 0.25) is 0 Å². The van der Waals surface area contributed by atoms with Gasteiger partial charge in [0.05, 0.1) is 0 Å². The molecule has 0 aromatic rings. The second kappa shape index (κ2) is 7.11. The molecule has 0 spiro atoms. The molecule has 100 valence electrons. The SMILES string of the molecule is CC(C)(C)OC(=O)NCCNCC1CCCS1. The molecule has 0 bridgehead atoms. The molecule has 1 aliphatic heterocycles. The van der Waals surface area contributed by atoms with E-state index in [0.29, 0.717) is 6.54 Å². The number of amides is 1. The van der Waals surface area contributed by atoms with Crippen LogP contribution in [0.5, 0.6) is 0 Å². The minimum Gasteiger partial charge on any atom is -0.444 e. The zero-order chi connectivity index (χ0) is 12.7. The van der Waals surface area contributed by atoms with Crippen molar-refractivity contribution in [3.8, 4) is 0 Å². The molecular weight excluding hydrogens is 236 g/mol. The van der Waals surface area contributed by atoms with Crippen molar-refractivity contribution < 1.29 is 9.53 Å². The summed E-state index contributed by atoms with van der Waals surface area (Å²) in [6.45, 7) is 8.05. The summed E-state index contributed by atoms with van der Waals surface area (Å²) in [5.74, 6) is 1.29. The van der Waals surface area contributed by atoms with E-state index in [1.807, 2.05) is 32.5 Å². The smallest absolute Gasteiger partial charge is 0.407 e. The number of hydrogen-bond acceptors (Lipinski definition) is 4. The third-order valence-electron chi connectivity index (χ3n) is 2.37. The number of ether oxygens (including phenoxy) is 1. The average Bonchev–Trinajstić information content (AvgIpc) is 2.67. The van der Waals surface area contributed by atoms with E-state index in [4.69, 9.17) is 4.74 Å². The second-order valence-corrected chi connectivity index (χ2v) is 6.68. The van der Waals surface area contributed by atoms with Gasteiger partial charge in [0.25, 0.3) is 0 Å². The molecule has 4 nitrogen and oxygen atoms in total. The molecule has 1 aliphatic rings. The predicted octanol–water partition coefficient (Wildman–Crippen LogP) is 2.00. The maximum atomic E-state index is 11.3. The van der Waals surface area contributed by atoms with Gasteiger partial charge in [-0.3, -0.25) is 0 Å². The highest BCUT2D eigenvalue weighted by molar-refractivity contribution is 8.00. The monoisotopic (exact) mass is 260 g/mol. The number of carbonyl (C=O) groups is 1. The van der Waals surface area contributed by atoms with E-state index in [1.165, 1.54) is 18.6 Å². The Morgan fingerprint density at radius 1 is 1.41 bits per heavy atom. The molecule has 0 aliphatic carbocycles. The maximum Gasteiger partial charge on any atom is 0.407 e. The Balaban J connectivity index is 1.94. The third-order valence-corrected chi connectivity index (χ3v) is 3.76. The van der Waals surface area contributed by atoms with E-state index in [-0.39, 0.29) is 6.09 Å². The van der Waals surface area contributed by atoms with E-state index in [2.05, 4.69) is 10.6 Å². The Bertz CT molecular complexity index is 235. The summed E-state index contributed by atoms with van der Waals surface area (Å²) in [6.07, 6.45) is 2.32. The molecule has 5 heteroatoms. The summed E-state index contributed by atoms with van der Waals surface area (Å²) in [4.78, 5) is 11.3. The highest BCUT2D eigenvalue weighted by Crippen LogP contribution is 2.24. The van der Waals surface area contributed by atoms with Crippen molar-refractivity contribution in [2.45, 2.75) is 44.5 Å². The zero-order valence-electron chi connectivity index (χ0n) is 11.0. The Morgan fingerprint density at radius 3 is 2.76 bits per heavy atom. The fourth-order valence-electron chi connectivity index (χ4n) is 1.64. The minimum atomic E-state index is -0.419. The van der Waals surface area contributed by atoms with Crippen LogP contribution in [0, 0.1) is 0 Å². The Kier molecular flexibility index (Phi) is 6.12. The van der Waals surface area contributed by atoms with Crippen molar-refractivity contribution in [2.24, 2.45) is 0 Å². The summed E-state index contributed by atoms with van der Waals surface area (Å²) >= 11 is 2.04. The molecule has 1 atom stereocenters. The van der Waals surface area contributed by atoms with Gasteiger partial charge in [-0.15, -0.1) is 0 Å². The highest BCUT2D eigenvalue weighted by Gasteiger charge is 2.16. The van der Waals surface area contributed by atoms with Crippen LogP contribution in [0.1, 0.15) is 33.6 Å². The van der Waals surface area contributed by atoms with Gasteiger partial charge in [0.1, 0.15) is 5.60 Å². The normalized spacial score (nSPS) is 20.3. The summed E-state index contributed by atoms with van der Waals surface area (Å²) < 4.78 is 5.14. The number of rotatable bonds is 5. The molecule has 1 rings (SSSR count). The lowest BCUT2D eigenvalue weighted by Gasteiger charge is -2.19. The summed E-state index contributed by atoms with van der Waals surface area (Å²) in [6, 6.07) is 0. The van der Waals surface area contributed by atoms with Crippen LogP contribution in [0.4, 0.5) is 4.79 Å². The van der Waals surface area contributed by atoms with Crippen LogP contribution in [0.15, 0.2) is 0 Å². The standard InChI is InChI=1S/C12H24N2O2S/c1-12(2,3)16-11(15)14-7-6-13-9-10-5-4-8-17-10/h10,13H,4-9H2,1-3H3,(H,14,15). The van der Waals surface area contributed by atoms with Gasteiger partial charge in [0, 0.05) is 24.9 Å². The van der Waals surface area contributed by atoms with Crippen molar-refractivity contribution >= 4 is 17.9 Å². The first kappa shape index (κ1) is 14.6. The van der Waals surface area contributed by atoms with Crippen molar-refractivity contribution in [1.29, 1.82) is 0 Å². The van der Waals surface area contributed by atoms with Gasteiger partial charge < -0.3 is 15.4 Å². The molecule has 0 aromatic heterocycles.